The number of hydrogen-bond donors (Lipinski definition) is 5. The molecule has 25 heteroatoms. The zero-order valence-electron chi connectivity index (χ0n) is 49.1. The minimum Gasteiger partial charge on any atom is -0.777 e. The summed E-state index contributed by atoms with van der Waals surface area (Å²) in [5, 5.41) is 0. The second-order valence-corrected chi connectivity index (χ2v) is 23.2. The molecule has 4 aromatic rings. The number of fused-ring (bicyclic) bond motifs is 2. The third kappa shape index (κ3) is 34.4. The molecular weight excluding hydrogens is 1060 g/mol. The van der Waals surface area contributed by atoms with Crippen LogP contribution >= 0.6 is 15.2 Å². The van der Waals surface area contributed by atoms with Crippen molar-refractivity contribution in [2.75, 3.05) is 104 Å². The molecule has 0 radical (unpaired) electrons. The number of nitrogens with two attached hydrogens (primary N) is 2. The predicted octanol–water partition coefficient (Wildman–Crippen LogP) is 8.88. The lowest BCUT2D eigenvalue weighted by Gasteiger charge is -2.18. The summed E-state index contributed by atoms with van der Waals surface area (Å²) in [6.07, 6.45) is 34.1. The minimum atomic E-state index is -4.40. The van der Waals surface area contributed by atoms with E-state index in [1.807, 2.05) is 4.90 Å². The Hall–Kier alpha value is -3.60. The summed E-state index contributed by atoms with van der Waals surface area (Å²) in [5.41, 5.74) is 13.1. The van der Waals surface area contributed by atoms with E-state index in [4.69, 9.17) is 49.3 Å². The number of nitrogens with zero attached hydrogens (tertiary/aromatic N) is 8. The summed E-state index contributed by atoms with van der Waals surface area (Å²) in [5.74, 6) is 0.655. The van der Waals surface area contributed by atoms with Gasteiger partial charge in [0.2, 0.25) is 23.7 Å². The average Bonchev–Trinajstić information content (AvgIpc) is 4.24. The van der Waals surface area contributed by atoms with Gasteiger partial charge < -0.3 is 77.7 Å². The highest BCUT2D eigenvalue weighted by Gasteiger charge is 2.20. The summed E-state index contributed by atoms with van der Waals surface area (Å²) < 4.78 is 62.0. The molecule has 0 aliphatic carbocycles. The maximum absolute atomic E-state index is 12.2. The van der Waals surface area contributed by atoms with E-state index in [1.165, 1.54) is 181 Å². The summed E-state index contributed by atoms with van der Waals surface area (Å²) in [7, 11) is -5.34. The zero-order chi connectivity index (χ0) is 57.8. The number of nitrogens with one attached hydrogen (secondary N) is 1. The van der Waals surface area contributed by atoms with Gasteiger partial charge in [-0.25, -0.2) is 9.97 Å². The smallest absolute Gasteiger partial charge is 0.353 e. The highest BCUT2D eigenvalue weighted by atomic mass is 31.2. The molecule has 79 heavy (non-hydrogen) atoms. The number of ether oxygens (including phenoxy) is 6. The molecule has 1 fully saturated rings. The van der Waals surface area contributed by atoms with Crippen LogP contribution in [0.5, 0.6) is 11.8 Å². The molecule has 0 spiro atoms. The van der Waals surface area contributed by atoms with Crippen LogP contribution in [0.1, 0.15) is 182 Å². The fraction of sp³-hybridized carbons (Fsp3) is 0.815. The van der Waals surface area contributed by atoms with Crippen LogP contribution in [0.4, 0.5) is 11.9 Å². The van der Waals surface area contributed by atoms with Crippen LogP contribution in [0, 0.1) is 0 Å². The van der Waals surface area contributed by atoms with Gasteiger partial charge >= 0.3 is 7.60 Å². The van der Waals surface area contributed by atoms with Crippen molar-refractivity contribution in [1.29, 1.82) is 0 Å². The van der Waals surface area contributed by atoms with E-state index in [0.29, 0.717) is 35.5 Å². The average molecular weight is 1160 g/mol. The number of imidazole rings is 2. The molecule has 5 heterocycles. The minimum absolute atomic E-state index is 0.0384. The molecule has 1 saturated heterocycles. The quantitative estimate of drug-likeness (QED) is 0.0204. The fourth-order valence-corrected chi connectivity index (χ4v) is 9.62. The highest BCUT2D eigenvalue weighted by Crippen LogP contribution is 2.41. The maximum atomic E-state index is 12.2. The van der Waals surface area contributed by atoms with Crippen LogP contribution in [0.2, 0.25) is 0 Å². The second kappa shape index (κ2) is 45.0. The Morgan fingerprint density at radius 3 is 1.34 bits per heavy atom. The van der Waals surface area contributed by atoms with Gasteiger partial charge in [0.05, 0.1) is 72.9 Å². The van der Waals surface area contributed by atoms with Crippen molar-refractivity contribution >= 4 is 49.4 Å². The van der Waals surface area contributed by atoms with Crippen LogP contribution < -0.4 is 30.7 Å². The molecule has 23 nitrogen and oxygen atoms in total. The van der Waals surface area contributed by atoms with E-state index < -0.39 is 27.9 Å². The fourth-order valence-electron chi connectivity index (χ4n) is 8.46. The number of unbranched alkanes of at least 4 members (excludes halogenated alkanes) is 18. The first-order valence-electron chi connectivity index (χ1n) is 29.4. The molecule has 1 aliphatic rings. The third-order valence-corrected chi connectivity index (χ3v) is 14.5. The van der Waals surface area contributed by atoms with Crippen molar-refractivity contribution < 1.29 is 61.7 Å². The standard InChI is InChI=1S/C29H54N5O6P.C12H27N.C9H14N5O5P.C4H8O/c1-3-4-5-6-7-8-9-10-11-12-13-14-15-16-17-18-20-38-22-23-40-41(35,36)25-39-21-19-34-24-31-26-27(34)32-29(30)33-28(26)37-2;1-4-7-10-13(11-8-5-2)12-9-6-3;1-18-8-6-7(12-9(10)13-8)14(4-11-6)2-3-19-5-20(15,16)17;1-2-4-5-3-1/h24H,3-23,25H2,1-2H3,(H,35,36)(H2,30,32,33);4-12H2,1-3H3;4H,2-3,5H2,1H3,(H2,10,12,13)(H2,15,16,17);1-4H2. The van der Waals surface area contributed by atoms with Crippen molar-refractivity contribution in [3.63, 3.8) is 0 Å². The van der Waals surface area contributed by atoms with Crippen LogP contribution in [0.25, 0.3) is 22.3 Å². The number of methoxy groups -OCH3 is 2. The molecule has 5 rings (SSSR count). The second-order valence-electron chi connectivity index (χ2n) is 19.9. The summed E-state index contributed by atoms with van der Waals surface area (Å²) in [4.78, 5) is 55.3. The predicted molar refractivity (Wildman–Crippen MR) is 311 cm³/mol. The van der Waals surface area contributed by atoms with E-state index >= 15 is 0 Å². The van der Waals surface area contributed by atoms with Gasteiger partial charge in [-0.15, -0.1) is 0 Å². The molecule has 2 unspecified atom stereocenters. The van der Waals surface area contributed by atoms with Crippen LogP contribution in [-0.2, 0) is 45.7 Å². The van der Waals surface area contributed by atoms with Crippen molar-refractivity contribution in [3.8, 4) is 11.8 Å². The Morgan fingerprint density at radius 2 is 0.962 bits per heavy atom. The van der Waals surface area contributed by atoms with Gasteiger partial charge in [-0.05, 0) is 38.5 Å². The SMILES string of the molecule is C1CCOC1.CCCCCCCCCCCCCCCCCCOCCOP(=O)(O)COCCn1cnc2c(OC)nc(N)nc21.CCCC[NH+](CCCC)CCCC.COc1nc(N)nc2c1ncn2CCOCP(=O)([O-])O. The topological polar surface area (TPSA) is 306 Å². The Balaban J connectivity index is 0.000000456. The Morgan fingerprint density at radius 1 is 0.557 bits per heavy atom. The lowest BCUT2D eigenvalue weighted by atomic mass is 10.0. The molecule has 2 atom stereocenters. The highest BCUT2D eigenvalue weighted by molar-refractivity contribution is 7.52. The Bertz CT molecular complexity index is 2190. The Kier molecular flexibility index (Phi) is 40.7. The van der Waals surface area contributed by atoms with Gasteiger partial charge in [-0.2, -0.15) is 19.9 Å². The third-order valence-electron chi connectivity index (χ3n) is 12.9. The first kappa shape index (κ1) is 71.5. The van der Waals surface area contributed by atoms with Crippen LogP contribution in [0.3, 0.4) is 0 Å². The van der Waals surface area contributed by atoms with Crippen molar-refractivity contribution in [3.05, 3.63) is 12.7 Å². The molecule has 0 aromatic carbocycles. The van der Waals surface area contributed by atoms with Gasteiger partial charge in [-0.3, -0.25) is 4.57 Å². The first-order chi connectivity index (χ1) is 38.2. The number of hydrogen-bond acceptors (Lipinski definition) is 18. The number of rotatable bonds is 42. The maximum Gasteiger partial charge on any atom is 0.353 e. The number of nitrogen functional groups attached to an aromatic ring is 2. The van der Waals surface area contributed by atoms with Crippen molar-refractivity contribution in [2.45, 2.75) is 195 Å². The summed E-state index contributed by atoms with van der Waals surface area (Å²) >= 11 is 0. The van der Waals surface area contributed by atoms with Gasteiger partial charge in [0.1, 0.15) is 12.7 Å². The molecular formula is C54H103N11O12P2. The van der Waals surface area contributed by atoms with Crippen LogP contribution in [0.15, 0.2) is 12.7 Å². The Labute approximate surface area is 472 Å². The largest absolute Gasteiger partial charge is 0.777 e. The van der Waals surface area contributed by atoms with E-state index in [9.17, 15) is 18.9 Å². The number of quaternary nitrogens is 1. The summed E-state index contributed by atoms with van der Waals surface area (Å²) in [6, 6.07) is 0. The van der Waals surface area contributed by atoms with Crippen molar-refractivity contribution in [2.24, 2.45) is 0 Å². The molecule has 0 saturated carbocycles. The van der Waals surface area contributed by atoms with E-state index in [1.54, 1.807) is 15.5 Å². The molecule has 1 aliphatic heterocycles. The van der Waals surface area contributed by atoms with Gasteiger partial charge in [0.25, 0.3) is 0 Å². The molecule has 0 bridgehead atoms. The molecule has 4 aromatic heterocycles. The lowest BCUT2D eigenvalue weighted by molar-refractivity contribution is -0.900. The van der Waals surface area contributed by atoms with Gasteiger partial charge in [0, 0.05) is 32.9 Å². The summed E-state index contributed by atoms with van der Waals surface area (Å²) in [6.45, 7) is 17.2. The molecule has 456 valence electrons. The lowest BCUT2D eigenvalue weighted by Crippen LogP contribution is -3.12. The van der Waals surface area contributed by atoms with E-state index in [2.05, 4.69) is 57.6 Å². The first-order valence-corrected chi connectivity index (χ1v) is 32.9. The van der Waals surface area contributed by atoms with Gasteiger partial charge in [-0.1, -0.05) is 143 Å². The van der Waals surface area contributed by atoms with E-state index in [0.717, 1.165) is 26.1 Å². The zero-order valence-corrected chi connectivity index (χ0v) is 50.9. The molecule has 7 N–H and O–H groups in total. The number of anilines is 2. The number of aromatic nitrogens is 8. The normalized spacial score (nSPS) is 13.8. The monoisotopic (exact) mass is 1160 g/mol. The van der Waals surface area contributed by atoms with Crippen LogP contribution in [-0.4, -0.2) is 142 Å². The molecule has 0 amide bonds. The van der Waals surface area contributed by atoms with Gasteiger partial charge in [0.15, 0.2) is 29.9 Å². The van der Waals surface area contributed by atoms with Crippen molar-refractivity contribution in [1.82, 2.24) is 39.0 Å². The van der Waals surface area contributed by atoms with E-state index in [-0.39, 0.29) is 56.6 Å².